The van der Waals surface area contributed by atoms with E-state index in [1.54, 1.807) is 43.6 Å². The van der Waals surface area contributed by atoms with Crippen molar-refractivity contribution < 1.29 is 13.9 Å². The first-order valence-electron chi connectivity index (χ1n) is 7.91. The van der Waals surface area contributed by atoms with Crippen molar-refractivity contribution in [3.05, 3.63) is 59.5 Å². The molecular formula is C18H13FN4O2S. The van der Waals surface area contributed by atoms with Crippen molar-refractivity contribution >= 4 is 27.5 Å². The third kappa shape index (κ3) is 2.74. The van der Waals surface area contributed by atoms with Crippen molar-refractivity contribution in [1.82, 2.24) is 20.0 Å². The van der Waals surface area contributed by atoms with Crippen LogP contribution in [0.15, 0.2) is 48.8 Å². The molecule has 0 spiro atoms. The third-order valence-corrected chi connectivity index (χ3v) is 4.87. The summed E-state index contributed by atoms with van der Waals surface area (Å²) < 4.78 is 21.5. The first-order chi connectivity index (χ1) is 12.7. The topological polar surface area (TPSA) is 69.9 Å². The molecule has 6 nitrogen and oxygen atoms in total. The van der Waals surface area contributed by atoms with E-state index in [9.17, 15) is 9.18 Å². The average molecular weight is 368 g/mol. The fourth-order valence-electron chi connectivity index (χ4n) is 2.63. The molecule has 0 fully saturated rings. The Kier molecular flexibility index (Phi) is 4.18. The number of thiophene rings is 1. The van der Waals surface area contributed by atoms with E-state index in [4.69, 9.17) is 4.74 Å². The van der Waals surface area contributed by atoms with E-state index in [0.29, 0.717) is 27.3 Å². The second kappa shape index (κ2) is 6.64. The molecule has 4 aromatic rings. The summed E-state index contributed by atoms with van der Waals surface area (Å²) in [5.74, 6) is -0.841. The highest BCUT2D eigenvalue weighted by atomic mass is 32.1. The number of nitrogens with zero attached hydrogens (tertiary/aromatic N) is 4. The minimum atomic E-state index is -0.451. The summed E-state index contributed by atoms with van der Waals surface area (Å²) >= 11 is 1.28. The number of benzene rings is 1. The Morgan fingerprint density at radius 3 is 2.92 bits per heavy atom. The number of esters is 1. The lowest BCUT2D eigenvalue weighted by Gasteiger charge is -2.03. The largest absolute Gasteiger partial charge is 0.462 e. The number of hydrogen-bond donors (Lipinski definition) is 0. The Morgan fingerprint density at radius 1 is 1.27 bits per heavy atom. The van der Waals surface area contributed by atoms with Crippen molar-refractivity contribution in [1.29, 1.82) is 0 Å². The van der Waals surface area contributed by atoms with Crippen LogP contribution in [0.4, 0.5) is 4.39 Å². The Hall–Kier alpha value is -3.13. The minimum Gasteiger partial charge on any atom is -0.462 e. The van der Waals surface area contributed by atoms with Gasteiger partial charge in [0.15, 0.2) is 0 Å². The molecule has 0 atom stereocenters. The maximum atomic E-state index is 14.0. The van der Waals surface area contributed by atoms with Gasteiger partial charge in [-0.25, -0.2) is 13.9 Å². The Labute approximate surface area is 151 Å². The van der Waals surface area contributed by atoms with E-state index in [1.807, 2.05) is 6.07 Å². The van der Waals surface area contributed by atoms with Gasteiger partial charge in [-0.1, -0.05) is 17.3 Å². The SMILES string of the molecule is CCOC(=O)c1sc2cccnc2c1-n1cc(-c2ccccc2F)nn1. The van der Waals surface area contributed by atoms with Gasteiger partial charge in [-0.05, 0) is 31.2 Å². The number of ether oxygens (including phenoxy) is 1. The standard InChI is InChI=1S/C18H13FN4O2S/c1-2-25-18(24)17-16(15-14(26-17)8-5-9-20-15)23-10-13(21-22-23)11-6-3-4-7-12(11)19/h3-10H,2H2,1H3. The van der Waals surface area contributed by atoms with Crippen LogP contribution < -0.4 is 0 Å². The molecule has 0 N–H and O–H groups in total. The number of pyridine rings is 1. The van der Waals surface area contributed by atoms with Gasteiger partial charge < -0.3 is 4.74 Å². The zero-order valence-corrected chi connectivity index (χ0v) is 14.5. The lowest BCUT2D eigenvalue weighted by molar-refractivity contribution is 0.0532. The quantitative estimate of drug-likeness (QED) is 0.512. The molecule has 26 heavy (non-hydrogen) atoms. The molecule has 0 aliphatic heterocycles. The van der Waals surface area contributed by atoms with Gasteiger partial charge >= 0.3 is 5.97 Å². The summed E-state index contributed by atoms with van der Waals surface area (Å²) in [7, 11) is 0. The number of halogens is 1. The Balaban J connectivity index is 1.88. The van der Waals surface area contributed by atoms with Crippen LogP contribution in [0.25, 0.3) is 27.2 Å². The van der Waals surface area contributed by atoms with Gasteiger partial charge in [-0.15, -0.1) is 16.4 Å². The van der Waals surface area contributed by atoms with Crippen molar-refractivity contribution in [3.8, 4) is 16.9 Å². The van der Waals surface area contributed by atoms with Crippen molar-refractivity contribution in [2.45, 2.75) is 6.92 Å². The van der Waals surface area contributed by atoms with Crippen LogP contribution in [0.1, 0.15) is 16.6 Å². The maximum absolute atomic E-state index is 14.0. The summed E-state index contributed by atoms with van der Waals surface area (Å²) in [6.45, 7) is 2.01. The smallest absolute Gasteiger partial charge is 0.350 e. The molecule has 0 aliphatic carbocycles. The lowest BCUT2D eigenvalue weighted by Crippen LogP contribution is -2.07. The molecule has 3 heterocycles. The number of hydrogen-bond acceptors (Lipinski definition) is 6. The average Bonchev–Trinajstić information content (AvgIpc) is 3.26. The molecule has 0 aliphatic rings. The molecule has 0 saturated heterocycles. The molecule has 1 aromatic carbocycles. The molecule has 0 bridgehead atoms. The van der Waals surface area contributed by atoms with Crippen LogP contribution in [0.2, 0.25) is 0 Å². The van der Waals surface area contributed by atoms with Gasteiger partial charge in [0.05, 0.1) is 17.5 Å². The fourth-order valence-corrected chi connectivity index (χ4v) is 3.67. The van der Waals surface area contributed by atoms with Crippen LogP contribution in [0, 0.1) is 5.82 Å². The van der Waals surface area contributed by atoms with Crippen LogP contribution >= 0.6 is 11.3 Å². The van der Waals surface area contributed by atoms with E-state index in [-0.39, 0.29) is 6.61 Å². The highest BCUT2D eigenvalue weighted by Gasteiger charge is 2.23. The minimum absolute atomic E-state index is 0.262. The summed E-state index contributed by atoms with van der Waals surface area (Å²) in [6.07, 6.45) is 3.22. The van der Waals surface area contributed by atoms with Gasteiger partial charge in [0.1, 0.15) is 27.6 Å². The number of fused-ring (bicyclic) bond motifs is 1. The number of carbonyl (C=O) groups is 1. The lowest BCUT2D eigenvalue weighted by atomic mass is 10.1. The molecule has 0 radical (unpaired) electrons. The van der Waals surface area contributed by atoms with Crippen LogP contribution in [-0.4, -0.2) is 32.6 Å². The fraction of sp³-hybridized carbons (Fsp3) is 0.111. The predicted octanol–water partition coefficient (Wildman–Crippen LogP) is 3.86. The molecule has 130 valence electrons. The van der Waals surface area contributed by atoms with Crippen molar-refractivity contribution in [2.24, 2.45) is 0 Å². The van der Waals surface area contributed by atoms with Gasteiger partial charge in [0.2, 0.25) is 0 Å². The van der Waals surface area contributed by atoms with Crippen LogP contribution in [-0.2, 0) is 4.74 Å². The predicted molar refractivity (Wildman–Crippen MR) is 95.9 cm³/mol. The first kappa shape index (κ1) is 16.3. The van der Waals surface area contributed by atoms with Gasteiger partial charge in [0, 0.05) is 11.8 Å². The molecule has 8 heteroatoms. The normalized spacial score (nSPS) is 11.0. The van der Waals surface area contributed by atoms with E-state index in [2.05, 4.69) is 15.3 Å². The molecule has 4 rings (SSSR count). The molecule has 0 saturated carbocycles. The van der Waals surface area contributed by atoms with Gasteiger partial charge in [-0.3, -0.25) is 4.98 Å². The Bertz CT molecular complexity index is 1110. The number of carbonyl (C=O) groups excluding carboxylic acids is 1. The molecule has 3 aromatic heterocycles. The molecule has 0 unspecified atom stereocenters. The second-order valence-electron chi connectivity index (χ2n) is 5.38. The zero-order valence-electron chi connectivity index (χ0n) is 13.7. The van der Waals surface area contributed by atoms with Gasteiger partial charge in [-0.2, -0.15) is 0 Å². The second-order valence-corrected chi connectivity index (χ2v) is 6.43. The van der Waals surface area contributed by atoms with E-state index >= 15 is 0 Å². The summed E-state index contributed by atoms with van der Waals surface area (Å²) in [4.78, 5) is 17.1. The highest BCUT2D eigenvalue weighted by molar-refractivity contribution is 7.21. The molecular weight excluding hydrogens is 355 g/mol. The number of aromatic nitrogens is 4. The molecule has 0 amide bonds. The van der Waals surface area contributed by atoms with Crippen molar-refractivity contribution in [2.75, 3.05) is 6.61 Å². The van der Waals surface area contributed by atoms with Crippen LogP contribution in [0.3, 0.4) is 0 Å². The van der Waals surface area contributed by atoms with E-state index in [1.165, 1.54) is 22.1 Å². The first-order valence-corrected chi connectivity index (χ1v) is 8.73. The summed E-state index contributed by atoms with van der Waals surface area (Å²) in [6, 6.07) is 9.99. The van der Waals surface area contributed by atoms with E-state index in [0.717, 1.165) is 4.70 Å². The highest BCUT2D eigenvalue weighted by Crippen LogP contribution is 2.33. The van der Waals surface area contributed by atoms with Crippen LogP contribution in [0.5, 0.6) is 0 Å². The summed E-state index contributed by atoms with van der Waals surface area (Å²) in [5, 5.41) is 8.14. The monoisotopic (exact) mass is 368 g/mol. The zero-order chi connectivity index (χ0) is 18.1. The Morgan fingerprint density at radius 2 is 2.12 bits per heavy atom. The third-order valence-electron chi connectivity index (χ3n) is 3.76. The summed E-state index contributed by atoms with van der Waals surface area (Å²) in [5.41, 5.74) is 1.81. The number of rotatable bonds is 4. The van der Waals surface area contributed by atoms with E-state index < -0.39 is 11.8 Å². The maximum Gasteiger partial charge on any atom is 0.350 e. The van der Waals surface area contributed by atoms with Gasteiger partial charge in [0.25, 0.3) is 0 Å². The van der Waals surface area contributed by atoms with Crippen molar-refractivity contribution in [3.63, 3.8) is 0 Å².